The van der Waals surface area contributed by atoms with Gasteiger partial charge < -0.3 is 25.2 Å². The molecule has 0 saturated carbocycles. The van der Waals surface area contributed by atoms with Crippen LogP contribution in [0.4, 0.5) is 0 Å². The Morgan fingerprint density at radius 3 is 1.72 bits per heavy atom. The summed E-state index contributed by atoms with van der Waals surface area (Å²) < 4.78 is 23.8. The molecule has 17 heteroatoms. The van der Waals surface area contributed by atoms with Crippen molar-refractivity contribution >= 4 is 31.6 Å². The van der Waals surface area contributed by atoms with Crippen LogP contribution in [0.5, 0.6) is 5.75 Å². The number of hydrogen-bond acceptors (Lipinski definition) is 11. The second kappa shape index (κ2) is 20.7. The Morgan fingerprint density at radius 2 is 1.24 bits per heavy atom. The predicted octanol–water partition coefficient (Wildman–Crippen LogP) is 2.76. The maximum Gasteiger partial charge on any atom is 0.527 e. The van der Waals surface area contributed by atoms with Crippen LogP contribution in [0.25, 0.3) is 11.1 Å². The summed E-state index contributed by atoms with van der Waals surface area (Å²) in [6, 6.07) is 6.76. The molecule has 300 valence electrons. The van der Waals surface area contributed by atoms with Crippen LogP contribution in [0.1, 0.15) is 40.7 Å². The number of nitrogens with one attached hydrogen (secondary N) is 1. The number of phosphoric ester groups is 1. The van der Waals surface area contributed by atoms with Gasteiger partial charge in [-0.2, -0.15) is 0 Å². The van der Waals surface area contributed by atoms with Crippen molar-refractivity contribution in [1.29, 1.82) is 0 Å². The number of carbonyl (C=O) groups is 4. The number of hydrogen-bond donors (Lipinski definition) is 5. The van der Waals surface area contributed by atoms with E-state index < -0.39 is 31.8 Å². The van der Waals surface area contributed by atoms with E-state index in [0.717, 1.165) is 33.4 Å². The van der Waals surface area contributed by atoms with Gasteiger partial charge in [-0.3, -0.25) is 48.2 Å². The minimum Gasteiger partial charge on any atom is -0.480 e. The fourth-order valence-corrected chi connectivity index (χ4v) is 7.69. The molecule has 0 aromatic heterocycles. The van der Waals surface area contributed by atoms with E-state index in [2.05, 4.69) is 17.4 Å². The Kier molecular flexibility index (Phi) is 17.1. The number of phosphoric acid groups is 1. The lowest BCUT2D eigenvalue weighted by Crippen LogP contribution is -2.52. The monoisotopic (exact) mass is 777 g/mol. The van der Waals surface area contributed by atoms with E-state index in [-0.39, 0.29) is 90.0 Å². The van der Waals surface area contributed by atoms with Crippen LogP contribution in [-0.2, 0) is 28.3 Å². The molecule has 54 heavy (non-hydrogen) atoms. The first kappa shape index (κ1) is 44.5. The largest absolute Gasteiger partial charge is 0.527 e. The van der Waals surface area contributed by atoms with Gasteiger partial charge in [0.25, 0.3) is 0 Å². The number of aliphatic carboxylic acids is 3. The summed E-state index contributed by atoms with van der Waals surface area (Å²) in [5.41, 5.74) is 6.97. The van der Waals surface area contributed by atoms with Gasteiger partial charge in [-0.15, -0.1) is 0 Å². The van der Waals surface area contributed by atoms with Gasteiger partial charge in [-0.25, -0.2) is 4.57 Å². The van der Waals surface area contributed by atoms with Crippen molar-refractivity contribution in [3.05, 3.63) is 52.1 Å². The van der Waals surface area contributed by atoms with Crippen molar-refractivity contribution in [2.45, 2.75) is 53.5 Å². The number of benzene rings is 2. The number of aryl methyl sites for hydroxylation is 5. The molecule has 2 unspecified atom stereocenters. The highest BCUT2D eigenvalue weighted by molar-refractivity contribution is 7.47. The lowest BCUT2D eigenvalue weighted by molar-refractivity contribution is -0.145. The Labute approximate surface area is 317 Å². The van der Waals surface area contributed by atoms with Gasteiger partial charge in [0.05, 0.1) is 26.2 Å². The van der Waals surface area contributed by atoms with Gasteiger partial charge in [0.15, 0.2) is 0 Å². The normalized spacial score (nSPS) is 17.5. The third kappa shape index (κ3) is 14.1. The number of nitrogens with zero attached hydrogens (tertiary/aromatic N) is 4. The van der Waals surface area contributed by atoms with E-state index in [1.54, 1.807) is 27.7 Å². The Hall–Kier alpha value is -3.89. The maximum absolute atomic E-state index is 13.0. The molecule has 0 radical (unpaired) electrons. The molecular weight excluding hydrogens is 721 g/mol. The van der Waals surface area contributed by atoms with Gasteiger partial charge >= 0.3 is 25.7 Å². The van der Waals surface area contributed by atoms with Crippen molar-refractivity contribution in [3.63, 3.8) is 0 Å². The van der Waals surface area contributed by atoms with Crippen molar-refractivity contribution in [2.75, 3.05) is 85.6 Å². The highest BCUT2D eigenvalue weighted by Gasteiger charge is 2.29. The lowest BCUT2D eigenvalue weighted by Gasteiger charge is -2.35. The summed E-state index contributed by atoms with van der Waals surface area (Å²) in [6.45, 7) is 10.9. The van der Waals surface area contributed by atoms with Crippen LogP contribution < -0.4 is 9.84 Å². The number of likely N-dealkylation sites (N-methyl/N-ethyl adjacent to an activating group) is 1. The van der Waals surface area contributed by atoms with Crippen LogP contribution in [-0.4, -0.2) is 155 Å². The molecule has 1 heterocycles. The number of rotatable bonds is 16. The Morgan fingerprint density at radius 1 is 0.741 bits per heavy atom. The number of amides is 1. The fourth-order valence-electron chi connectivity index (χ4n) is 6.84. The lowest BCUT2D eigenvalue weighted by atomic mass is 9.90. The van der Waals surface area contributed by atoms with Crippen molar-refractivity contribution in [2.24, 2.45) is 0 Å². The molecule has 1 aliphatic rings. The topological polar surface area (TPSA) is 210 Å². The predicted molar refractivity (Wildman–Crippen MR) is 203 cm³/mol. The molecule has 3 rings (SSSR count). The van der Waals surface area contributed by atoms with Crippen LogP contribution >= 0.6 is 7.82 Å². The first-order chi connectivity index (χ1) is 25.4. The molecular formula is C37H56N5O11P. The van der Waals surface area contributed by atoms with Gasteiger partial charge in [0.2, 0.25) is 5.91 Å². The Bertz CT molecular complexity index is 1630. The summed E-state index contributed by atoms with van der Waals surface area (Å²) in [6.07, 6.45) is 0.103. The summed E-state index contributed by atoms with van der Waals surface area (Å²) in [7, 11) is -3.09. The summed E-state index contributed by atoms with van der Waals surface area (Å²) in [5.74, 6) is -3.30. The first-order valence-corrected chi connectivity index (χ1v) is 19.5. The second-order valence-electron chi connectivity index (χ2n) is 13.9. The highest BCUT2D eigenvalue weighted by Crippen LogP contribution is 2.46. The zero-order chi connectivity index (χ0) is 40.2. The van der Waals surface area contributed by atoms with E-state index in [4.69, 9.17) is 9.05 Å². The summed E-state index contributed by atoms with van der Waals surface area (Å²) in [5, 5.41) is 31.9. The van der Waals surface area contributed by atoms with Crippen LogP contribution in [0, 0.1) is 34.6 Å². The molecule has 2 aromatic carbocycles. The molecule has 0 bridgehead atoms. The van der Waals surface area contributed by atoms with Crippen LogP contribution in [0.2, 0.25) is 0 Å². The standard InChI is InChI=1S/C37H56N5O11P/c1-25-18-28(4)36(29(5)19-25)30-20-27(3)32(21-26(30)2)53-54(50,51)52-17-7-8-31(37(48)49)42-15-13-40(23-34(44)45)11-9-39(22-33(43)38-6)10-12-41(14-16-42)24-35(46)47/h18-21,31H,7-17,22-24H2,1-6H3,(H,38,43)(H,44,45)(H,46,47)(H,48,49)(H,50,51). The fraction of sp³-hybridized carbons (Fsp3) is 0.568. The van der Waals surface area contributed by atoms with E-state index in [1.165, 1.54) is 7.05 Å². The second-order valence-corrected chi connectivity index (χ2v) is 15.3. The van der Waals surface area contributed by atoms with E-state index in [1.807, 2.05) is 38.7 Å². The molecule has 1 amide bonds. The minimum atomic E-state index is -4.60. The molecule has 2 atom stereocenters. The first-order valence-electron chi connectivity index (χ1n) is 18.0. The zero-order valence-corrected chi connectivity index (χ0v) is 33.1. The van der Waals surface area contributed by atoms with E-state index >= 15 is 0 Å². The molecule has 1 aliphatic heterocycles. The van der Waals surface area contributed by atoms with E-state index in [0.29, 0.717) is 18.7 Å². The van der Waals surface area contributed by atoms with E-state index in [9.17, 15) is 44.0 Å². The van der Waals surface area contributed by atoms with Crippen LogP contribution in [0.3, 0.4) is 0 Å². The summed E-state index contributed by atoms with van der Waals surface area (Å²) in [4.78, 5) is 65.5. The molecule has 1 fully saturated rings. The molecule has 2 aromatic rings. The Balaban J connectivity index is 1.70. The number of carboxylic acids is 3. The zero-order valence-electron chi connectivity index (χ0n) is 32.2. The smallest absolute Gasteiger partial charge is 0.480 e. The quantitative estimate of drug-likeness (QED) is 0.123. The molecule has 5 N–H and O–H groups in total. The molecule has 0 spiro atoms. The van der Waals surface area contributed by atoms with Crippen molar-refractivity contribution in [3.8, 4) is 16.9 Å². The van der Waals surface area contributed by atoms with Crippen molar-refractivity contribution in [1.82, 2.24) is 24.9 Å². The average Bonchev–Trinajstić information content (AvgIpc) is 3.06. The number of carboxylic acid groups (broad SMARTS) is 3. The number of carbonyl (C=O) groups excluding carboxylic acids is 1. The molecule has 0 aliphatic carbocycles. The van der Waals surface area contributed by atoms with Crippen LogP contribution in [0.15, 0.2) is 24.3 Å². The average molecular weight is 778 g/mol. The maximum atomic E-state index is 13.0. The third-order valence-corrected chi connectivity index (χ3v) is 10.5. The SMILES string of the molecule is CNC(=O)CN1CCN(CC(=O)O)CCN(C(CCCOP(=O)(O)Oc2cc(C)c(-c3c(C)cc(C)cc3C)cc2C)C(=O)O)CCN(CC(=O)O)CC1. The van der Waals surface area contributed by atoms with Crippen molar-refractivity contribution < 1.29 is 53.0 Å². The summed E-state index contributed by atoms with van der Waals surface area (Å²) >= 11 is 0. The molecule has 1 saturated heterocycles. The minimum absolute atomic E-state index is 0.0230. The highest BCUT2D eigenvalue weighted by atomic mass is 31.2. The molecule has 16 nitrogen and oxygen atoms in total. The van der Waals surface area contributed by atoms with Gasteiger partial charge in [-0.1, -0.05) is 17.7 Å². The third-order valence-electron chi connectivity index (χ3n) is 9.52. The van der Waals surface area contributed by atoms with Gasteiger partial charge in [-0.05, 0) is 93.0 Å². The van der Waals surface area contributed by atoms with Gasteiger partial charge in [0, 0.05) is 59.4 Å². The van der Waals surface area contributed by atoms with Gasteiger partial charge in [0.1, 0.15) is 11.8 Å².